The van der Waals surface area contributed by atoms with Gasteiger partial charge < -0.3 is 10.1 Å². The number of aromatic nitrogens is 1. The number of rotatable bonds is 5. The third-order valence-corrected chi connectivity index (χ3v) is 3.81. The first-order chi connectivity index (χ1) is 10.0. The van der Waals surface area contributed by atoms with E-state index in [1.807, 2.05) is 12.1 Å². The van der Waals surface area contributed by atoms with Crippen molar-refractivity contribution >= 4 is 0 Å². The highest BCUT2D eigenvalue weighted by atomic mass is 16.5. The molecule has 3 heteroatoms. The molecule has 0 saturated heterocycles. The van der Waals surface area contributed by atoms with Crippen LogP contribution in [0.1, 0.15) is 40.8 Å². The van der Waals surface area contributed by atoms with Crippen LogP contribution in [0.4, 0.5) is 0 Å². The monoisotopic (exact) mass is 284 g/mol. The molecule has 0 aliphatic carbocycles. The van der Waals surface area contributed by atoms with Crippen molar-refractivity contribution in [1.82, 2.24) is 10.3 Å². The minimum Gasteiger partial charge on any atom is -0.481 e. The maximum absolute atomic E-state index is 5.30. The second-order valence-electron chi connectivity index (χ2n) is 5.59. The van der Waals surface area contributed by atoms with Crippen molar-refractivity contribution in [3.8, 4) is 5.88 Å². The summed E-state index contributed by atoms with van der Waals surface area (Å²) in [6.45, 7) is 9.44. The van der Waals surface area contributed by atoms with Crippen molar-refractivity contribution < 1.29 is 4.74 Å². The van der Waals surface area contributed by atoms with E-state index in [1.165, 1.54) is 22.3 Å². The minimum atomic E-state index is 0.288. The van der Waals surface area contributed by atoms with Crippen molar-refractivity contribution in [2.45, 2.75) is 40.3 Å². The quantitative estimate of drug-likeness (QED) is 0.905. The zero-order valence-corrected chi connectivity index (χ0v) is 13.5. The Bertz CT molecular complexity index is 599. The number of benzene rings is 1. The molecule has 0 spiro atoms. The molecule has 21 heavy (non-hydrogen) atoms. The third-order valence-electron chi connectivity index (χ3n) is 3.81. The highest BCUT2D eigenvalue weighted by molar-refractivity contribution is 5.39. The summed E-state index contributed by atoms with van der Waals surface area (Å²) in [6.07, 6.45) is 1.75. The van der Waals surface area contributed by atoms with Crippen LogP contribution >= 0.6 is 0 Å². The number of methoxy groups -OCH3 is 1. The van der Waals surface area contributed by atoms with Gasteiger partial charge in [-0.1, -0.05) is 23.8 Å². The molecule has 3 nitrogen and oxygen atoms in total. The van der Waals surface area contributed by atoms with Crippen molar-refractivity contribution in [3.05, 3.63) is 58.3 Å². The summed E-state index contributed by atoms with van der Waals surface area (Å²) >= 11 is 0. The molecule has 2 aromatic rings. The van der Waals surface area contributed by atoms with E-state index in [0.717, 1.165) is 12.1 Å². The van der Waals surface area contributed by atoms with E-state index in [0.29, 0.717) is 5.88 Å². The number of hydrogen-bond donors (Lipinski definition) is 1. The number of aryl methyl sites for hydroxylation is 3. The van der Waals surface area contributed by atoms with Gasteiger partial charge in [-0.25, -0.2) is 4.98 Å². The second kappa shape index (κ2) is 6.72. The zero-order valence-electron chi connectivity index (χ0n) is 13.5. The van der Waals surface area contributed by atoms with Crippen LogP contribution in [0.25, 0.3) is 0 Å². The smallest absolute Gasteiger partial charge is 0.217 e. The van der Waals surface area contributed by atoms with Gasteiger partial charge in [-0.15, -0.1) is 0 Å². The fourth-order valence-corrected chi connectivity index (χ4v) is 2.98. The number of pyridine rings is 1. The number of nitrogens with zero attached hydrogens (tertiary/aromatic N) is 1. The molecule has 0 aliphatic rings. The van der Waals surface area contributed by atoms with E-state index in [1.54, 1.807) is 13.3 Å². The van der Waals surface area contributed by atoms with E-state index in [2.05, 4.69) is 50.1 Å². The summed E-state index contributed by atoms with van der Waals surface area (Å²) in [5.41, 5.74) is 6.45. The van der Waals surface area contributed by atoms with Crippen molar-refractivity contribution in [3.63, 3.8) is 0 Å². The van der Waals surface area contributed by atoms with Crippen molar-refractivity contribution in [1.29, 1.82) is 0 Å². The Morgan fingerprint density at radius 3 is 2.48 bits per heavy atom. The highest BCUT2D eigenvalue weighted by Crippen LogP contribution is 2.24. The third kappa shape index (κ3) is 3.61. The molecular weight excluding hydrogens is 260 g/mol. The molecule has 1 unspecified atom stereocenters. The molecule has 1 atom stereocenters. The van der Waals surface area contributed by atoms with E-state index in [4.69, 9.17) is 4.74 Å². The van der Waals surface area contributed by atoms with Gasteiger partial charge in [0, 0.05) is 24.3 Å². The van der Waals surface area contributed by atoms with Gasteiger partial charge in [-0.2, -0.15) is 0 Å². The van der Waals surface area contributed by atoms with Crippen LogP contribution in [0, 0.1) is 20.8 Å². The molecule has 1 aromatic carbocycles. The Hall–Kier alpha value is -1.87. The molecular formula is C18H24N2O. The molecule has 2 rings (SSSR count). The molecule has 0 radical (unpaired) electrons. The van der Waals surface area contributed by atoms with E-state index < -0.39 is 0 Å². The van der Waals surface area contributed by atoms with E-state index in [9.17, 15) is 0 Å². The standard InChI is InChI=1S/C18H24N2O/c1-12-9-13(2)17(14(3)10-12)15(4)20-11-16-7-6-8-19-18(16)21-5/h6-10,15,20H,11H2,1-5H3. The van der Waals surface area contributed by atoms with Crippen LogP contribution in [-0.2, 0) is 6.54 Å². The van der Waals surface area contributed by atoms with E-state index in [-0.39, 0.29) is 6.04 Å². The zero-order chi connectivity index (χ0) is 15.4. The van der Waals surface area contributed by atoms with Crippen molar-refractivity contribution in [2.24, 2.45) is 0 Å². The Morgan fingerprint density at radius 1 is 1.19 bits per heavy atom. The minimum absolute atomic E-state index is 0.288. The highest BCUT2D eigenvalue weighted by Gasteiger charge is 2.12. The molecule has 1 heterocycles. The average Bonchev–Trinajstić information content (AvgIpc) is 2.44. The van der Waals surface area contributed by atoms with Crippen LogP contribution in [0.5, 0.6) is 5.88 Å². The lowest BCUT2D eigenvalue weighted by Gasteiger charge is -2.20. The first kappa shape index (κ1) is 15.5. The van der Waals surface area contributed by atoms with Gasteiger partial charge in [0.1, 0.15) is 0 Å². The molecule has 1 N–H and O–H groups in total. The van der Waals surface area contributed by atoms with Crippen LogP contribution in [0.15, 0.2) is 30.5 Å². The van der Waals surface area contributed by atoms with Gasteiger partial charge in [0.25, 0.3) is 0 Å². The molecule has 112 valence electrons. The molecule has 0 fully saturated rings. The molecule has 0 bridgehead atoms. The lowest BCUT2D eigenvalue weighted by Crippen LogP contribution is -2.20. The number of nitrogens with one attached hydrogen (secondary N) is 1. The summed E-state index contributed by atoms with van der Waals surface area (Å²) in [6, 6.07) is 8.75. The van der Waals surface area contributed by atoms with Gasteiger partial charge in [-0.05, 0) is 50.5 Å². The fourth-order valence-electron chi connectivity index (χ4n) is 2.98. The summed E-state index contributed by atoms with van der Waals surface area (Å²) < 4.78 is 5.30. The van der Waals surface area contributed by atoms with Crippen LogP contribution < -0.4 is 10.1 Å². The van der Waals surface area contributed by atoms with Crippen LogP contribution in [0.2, 0.25) is 0 Å². The summed E-state index contributed by atoms with van der Waals surface area (Å²) in [4.78, 5) is 4.23. The largest absolute Gasteiger partial charge is 0.481 e. The van der Waals surface area contributed by atoms with E-state index >= 15 is 0 Å². The fraction of sp³-hybridized carbons (Fsp3) is 0.389. The van der Waals surface area contributed by atoms with Gasteiger partial charge >= 0.3 is 0 Å². The number of ether oxygens (including phenoxy) is 1. The van der Waals surface area contributed by atoms with Gasteiger partial charge in [0.05, 0.1) is 7.11 Å². The number of hydrogen-bond acceptors (Lipinski definition) is 3. The lowest BCUT2D eigenvalue weighted by atomic mass is 9.95. The Balaban J connectivity index is 2.14. The molecule has 0 amide bonds. The predicted octanol–water partition coefficient (Wildman–Crippen LogP) is 3.87. The van der Waals surface area contributed by atoms with Crippen LogP contribution in [0.3, 0.4) is 0 Å². The molecule has 1 aromatic heterocycles. The molecule has 0 aliphatic heterocycles. The first-order valence-electron chi connectivity index (χ1n) is 7.32. The predicted molar refractivity (Wildman–Crippen MR) is 86.7 cm³/mol. The second-order valence-corrected chi connectivity index (χ2v) is 5.59. The summed E-state index contributed by atoms with van der Waals surface area (Å²) in [5.74, 6) is 0.689. The summed E-state index contributed by atoms with van der Waals surface area (Å²) in [7, 11) is 1.66. The molecule has 0 saturated carbocycles. The van der Waals surface area contributed by atoms with Gasteiger partial charge in [0.15, 0.2) is 0 Å². The summed E-state index contributed by atoms with van der Waals surface area (Å²) in [5, 5.41) is 3.57. The normalized spacial score (nSPS) is 12.2. The maximum atomic E-state index is 5.30. The Kier molecular flexibility index (Phi) is 4.97. The van der Waals surface area contributed by atoms with Crippen molar-refractivity contribution in [2.75, 3.05) is 7.11 Å². The Morgan fingerprint density at radius 2 is 1.86 bits per heavy atom. The lowest BCUT2D eigenvalue weighted by molar-refractivity contribution is 0.389. The van der Waals surface area contributed by atoms with Gasteiger partial charge in [-0.3, -0.25) is 0 Å². The topological polar surface area (TPSA) is 34.1 Å². The SMILES string of the molecule is COc1ncccc1CNC(C)c1c(C)cc(C)cc1C. The maximum Gasteiger partial charge on any atom is 0.217 e. The average molecular weight is 284 g/mol. The Labute approximate surface area is 127 Å². The first-order valence-corrected chi connectivity index (χ1v) is 7.32. The van der Waals surface area contributed by atoms with Gasteiger partial charge in [0.2, 0.25) is 5.88 Å². The van der Waals surface area contributed by atoms with Crippen LogP contribution in [-0.4, -0.2) is 12.1 Å².